The molecule has 1 aliphatic rings. The molecule has 5 heteroatoms. The molecule has 2 rings (SSSR count). The van der Waals surface area contributed by atoms with Crippen molar-refractivity contribution in [1.29, 1.82) is 0 Å². The van der Waals surface area contributed by atoms with Gasteiger partial charge in [0, 0.05) is 11.1 Å². The van der Waals surface area contributed by atoms with Crippen LogP contribution in [0.4, 0.5) is 0 Å². The number of nitrogens with one attached hydrogen (secondary N) is 1. The first-order chi connectivity index (χ1) is 12.9. The molecule has 0 heterocycles. The Morgan fingerprint density at radius 3 is 1.89 bits per heavy atom. The van der Waals surface area contributed by atoms with Crippen LogP contribution >= 0.6 is 0 Å². The highest BCUT2D eigenvalue weighted by Gasteiger charge is 2.30. The Kier molecular flexibility index (Phi) is 7.01. The summed E-state index contributed by atoms with van der Waals surface area (Å²) in [7, 11) is -3.74. The van der Waals surface area contributed by atoms with Crippen molar-refractivity contribution >= 4 is 15.7 Å². The van der Waals surface area contributed by atoms with E-state index >= 15 is 0 Å². The van der Waals surface area contributed by atoms with Crippen LogP contribution in [0.25, 0.3) is 0 Å². The lowest BCUT2D eigenvalue weighted by Gasteiger charge is -2.31. The lowest BCUT2D eigenvalue weighted by atomic mass is 9.76. The fourth-order valence-electron chi connectivity index (χ4n) is 3.91. The van der Waals surface area contributed by atoms with E-state index < -0.39 is 10.0 Å². The van der Waals surface area contributed by atoms with Gasteiger partial charge in [-0.25, -0.2) is 4.83 Å². The average Bonchev–Trinajstić information content (AvgIpc) is 2.59. The number of hydrogen-bond donors (Lipinski definition) is 1. The molecule has 0 saturated heterocycles. The molecule has 0 amide bonds. The molecule has 1 fully saturated rings. The first-order valence-corrected chi connectivity index (χ1v) is 12.1. The molecule has 1 saturated carbocycles. The van der Waals surface area contributed by atoms with Crippen molar-refractivity contribution < 1.29 is 8.42 Å². The number of nitrogens with zero attached hydrogens (tertiary/aromatic N) is 1. The highest BCUT2D eigenvalue weighted by atomic mass is 32.2. The van der Waals surface area contributed by atoms with Crippen molar-refractivity contribution in [1.82, 2.24) is 4.83 Å². The number of rotatable bonds is 6. The quantitative estimate of drug-likeness (QED) is 0.564. The molecule has 4 nitrogen and oxygen atoms in total. The lowest BCUT2D eigenvalue weighted by molar-refractivity contribution is 0.408. The number of hydrazone groups is 1. The van der Waals surface area contributed by atoms with E-state index in [4.69, 9.17) is 0 Å². The van der Waals surface area contributed by atoms with E-state index in [0.29, 0.717) is 10.8 Å². The SMILES string of the molecule is CC(C)c1cc(C(C)C)c(S(=O)(=O)N/N=C2/CCCCC2(C)C)c(C(C)C)c1. The van der Waals surface area contributed by atoms with Crippen LogP contribution in [0.15, 0.2) is 22.1 Å². The minimum atomic E-state index is -3.74. The zero-order chi connectivity index (χ0) is 21.3. The largest absolute Gasteiger partial charge is 0.277 e. The Bertz CT molecular complexity index is 805. The summed E-state index contributed by atoms with van der Waals surface area (Å²) >= 11 is 0. The molecule has 0 unspecified atom stereocenters. The molecule has 0 aromatic heterocycles. The summed E-state index contributed by atoms with van der Waals surface area (Å²) in [4.78, 5) is 3.02. The third kappa shape index (κ3) is 4.97. The predicted octanol–water partition coefficient (Wildman–Crippen LogP) is 6.29. The first kappa shape index (κ1) is 22.9. The van der Waals surface area contributed by atoms with Crippen LogP contribution < -0.4 is 4.83 Å². The van der Waals surface area contributed by atoms with E-state index in [1.165, 1.54) is 12.0 Å². The van der Waals surface area contributed by atoms with Crippen molar-refractivity contribution in [3.63, 3.8) is 0 Å². The van der Waals surface area contributed by atoms with Crippen LogP contribution in [0.2, 0.25) is 0 Å². The van der Waals surface area contributed by atoms with Gasteiger partial charge in [0.25, 0.3) is 10.0 Å². The van der Waals surface area contributed by atoms with Crippen LogP contribution in [0.5, 0.6) is 0 Å². The topological polar surface area (TPSA) is 58.5 Å². The fourth-order valence-corrected chi connectivity index (χ4v) is 5.44. The van der Waals surface area contributed by atoms with Crippen molar-refractivity contribution in [3.05, 3.63) is 28.8 Å². The molecule has 158 valence electrons. The van der Waals surface area contributed by atoms with E-state index in [0.717, 1.165) is 36.1 Å². The third-order valence-electron chi connectivity index (χ3n) is 5.90. The summed E-state index contributed by atoms with van der Waals surface area (Å²) in [6.45, 7) is 16.8. The Balaban J connectivity index is 2.57. The van der Waals surface area contributed by atoms with Gasteiger partial charge in [-0.2, -0.15) is 13.5 Å². The van der Waals surface area contributed by atoms with Gasteiger partial charge in [-0.05, 0) is 53.7 Å². The summed E-state index contributed by atoms with van der Waals surface area (Å²) in [6, 6.07) is 4.13. The molecular formula is C23H38N2O2S. The van der Waals surface area contributed by atoms with Crippen molar-refractivity contribution in [2.24, 2.45) is 10.5 Å². The Hall–Kier alpha value is -1.36. The zero-order valence-electron chi connectivity index (χ0n) is 18.9. The Morgan fingerprint density at radius 2 is 1.46 bits per heavy atom. The van der Waals surface area contributed by atoms with Gasteiger partial charge in [-0.15, -0.1) is 0 Å². The Labute approximate surface area is 172 Å². The molecule has 0 radical (unpaired) electrons. The van der Waals surface area contributed by atoms with E-state index in [-0.39, 0.29) is 17.3 Å². The molecule has 1 N–H and O–H groups in total. The molecule has 1 aliphatic carbocycles. The maximum atomic E-state index is 13.4. The second kappa shape index (κ2) is 8.56. The van der Waals surface area contributed by atoms with Gasteiger partial charge in [-0.3, -0.25) is 0 Å². The molecule has 28 heavy (non-hydrogen) atoms. The average molecular weight is 407 g/mol. The molecular weight excluding hydrogens is 368 g/mol. The van der Waals surface area contributed by atoms with Crippen LogP contribution in [0, 0.1) is 5.41 Å². The van der Waals surface area contributed by atoms with Crippen LogP contribution in [0.3, 0.4) is 0 Å². The third-order valence-corrected chi connectivity index (χ3v) is 7.24. The van der Waals surface area contributed by atoms with E-state index in [2.05, 4.69) is 77.5 Å². The van der Waals surface area contributed by atoms with Gasteiger partial charge in [0.1, 0.15) is 0 Å². The van der Waals surface area contributed by atoms with Crippen LogP contribution in [-0.4, -0.2) is 14.1 Å². The normalized spacial score (nSPS) is 19.0. The number of sulfonamides is 1. The maximum absolute atomic E-state index is 13.4. The predicted molar refractivity (Wildman–Crippen MR) is 119 cm³/mol. The van der Waals surface area contributed by atoms with Gasteiger partial charge in [-0.1, -0.05) is 73.9 Å². The summed E-state index contributed by atoms with van der Waals surface area (Å²) in [6.07, 6.45) is 4.15. The minimum Gasteiger partial charge on any atom is -0.200 e. The molecule has 0 atom stereocenters. The van der Waals surface area contributed by atoms with E-state index in [9.17, 15) is 8.42 Å². The fraction of sp³-hybridized carbons (Fsp3) is 0.696. The van der Waals surface area contributed by atoms with Crippen molar-refractivity contribution in [3.8, 4) is 0 Å². The minimum absolute atomic E-state index is 0.0516. The summed E-state index contributed by atoms with van der Waals surface area (Å²) in [5.74, 6) is 0.575. The number of benzene rings is 1. The second-order valence-corrected chi connectivity index (χ2v) is 11.3. The molecule has 0 bridgehead atoms. The highest BCUT2D eigenvalue weighted by Crippen LogP contribution is 2.36. The van der Waals surface area contributed by atoms with Gasteiger partial charge in [0.15, 0.2) is 0 Å². The van der Waals surface area contributed by atoms with E-state index in [1.54, 1.807) is 0 Å². The summed E-state index contributed by atoms with van der Waals surface area (Å²) < 4.78 is 26.8. The second-order valence-electron chi connectivity index (χ2n) is 9.74. The van der Waals surface area contributed by atoms with E-state index in [1.807, 2.05) is 0 Å². The molecule has 1 aromatic carbocycles. The summed E-state index contributed by atoms with van der Waals surface area (Å²) in [5.41, 5.74) is 3.85. The first-order valence-electron chi connectivity index (χ1n) is 10.6. The van der Waals surface area contributed by atoms with Crippen LogP contribution in [0.1, 0.15) is 116 Å². The van der Waals surface area contributed by atoms with Crippen molar-refractivity contribution in [2.45, 2.75) is 104 Å². The van der Waals surface area contributed by atoms with Gasteiger partial charge in [0.2, 0.25) is 0 Å². The van der Waals surface area contributed by atoms with Gasteiger partial charge < -0.3 is 0 Å². The smallest absolute Gasteiger partial charge is 0.200 e. The lowest BCUT2D eigenvalue weighted by Crippen LogP contribution is -2.32. The molecule has 1 aromatic rings. The van der Waals surface area contributed by atoms with Crippen LogP contribution in [-0.2, 0) is 10.0 Å². The maximum Gasteiger partial charge on any atom is 0.277 e. The van der Waals surface area contributed by atoms with Gasteiger partial charge >= 0.3 is 0 Å². The number of hydrogen-bond acceptors (Lipinski definition) is 3. The highest BCUT2D eigenvalue weighted by molar-refractivity contribution is 7.89. The summed E-state index contributed by atoms with van der Waals surface area (Å²) in [5, 5.41) is 4.42. The van der Waals surface area contributed by atoms with Gasteiger partial charge in [0.05, 0.1) is 4.90 Å². The monoisotopic (exact) mass is 406 g/mol. The standard InChI is InChI=1S/C23H38N2O2S/c1-15(2)18-13-19(16(3)4)22(20(14-18)17(5)6)28(26,27)25-24-21-11-9-10-12-23(21,7)8/h13-17,25H,9-12H2,1-8H3/b24-21-. The molecule has 0 aliphatic heterocycles. The molecule has 0 spiro atoms. The Morgan fingerprint density at radius 1 is 0.929 bits per heavy atom. The zero-order valence-corrected chi connectivity index (χ0v) is 19.7. The van der Waals surface area contributed by atoms with Crippen molar-refractivity contribution in [2.75, 3.05) is 0 Å².